The fourth-order valence-electron chi connectivity index (χ4n) is 5.56. The van der Waals surface area contributed by atoms with E-state index in [-0.39, 0.29) is 0 Å². The molecule has 0 radical (unpaired) electrons. The van der Waals surface area contributed by atoms with Gasteiger partial charge in [0.05, 0.1) is 13.1 Å². The zero-order valence-corrected chi connectivity index (χ0v) is 17.2. The fraction of sp³-hybridized carbons (Fsp3) is 0.696. The number of fused-ring (bicyclic) bond motifs is 1. The standard InChI is InChI=1S/C23H35N3O/c1-18-6-5-9-22(19(18)2)25-12-14-26(15-13-25)23(27)17-24-11-10-20-7-3-4-8-21(20)16-24/h5-6,9,20-21H,3-4,7-8,10-17H2,1-2H3/p+1/t20-,21+/m0/s1. The van der Waals surface area contributed by atoms with Crippen LogP contribution in [0.4, 0.5) is 5.69 Å². The average Bonchev–Trinajstić information content (AvgIpc) is 2.70. The third kappa shape index (κ3) is 4.16. The number of likely N-dealkylation sites (tertiary alicyclic amines) is 1. The number of hydrogen-bond donors (Lipinski definition) is 1. The van der Waals surface area contributed by atoms with Gasteiger partial charge in [-0.2, -0.15) is 0 Å². The van der Waals surface area contributed by atoms with E-state index >= 15 is 0 Å². The van der Waals surface area contributed by atoms with Crippen molar-refractivity contribution in [3.63, 3.8) is 0 Å². The molecule has 148 valence electrons. The Kier molecular flexibility index (Phi) is 5.72. The van der Waals surface area contributed by atoms with Crippen molar-refractivity contribution in [1.29, 1.82) is 0 Å². The lowest BCUT2D eigenvalue weighted by molar-refractivity contribution is -0.903. The Hall–Kier alpha value is -1.55. The van der Waals surface area contributed by atoms with Crippen molar-refractivity contribution in [2.75, 3.05) is 50.7 Å². The molecule has 27 heavy (non-hydrogen) atoms. The van der Waals surface area contributed by atoms with Gasteiger partial charge < -0.3 is 14.7 Å². The van der Waals surface area contributed by atoms with Crippen LogP contribution in [0.2, 0.25) is 0 Å². The summed E-state index contributed by atoms with van der Waals surface area (Å²) in [5.41, 5.74) is 4.06. The molecule has 1 saturated carbocycles. The van der Waals surface area contributed by atoms with E-state index in [1.54, 1.807) is 4.90 Å². The minimum atomic E-state index is 0.375. The molecule has 4 rings (SSSR count). The molecule has 1 aromatic rings. The van der Waals surface area contributed by atoms with E-state index in [0.29, 0.717) is 12.5 Å². The van der Waals surface area contributed by atoms with Crippen molar-refractivity contribution in [2.45, 2.75) is 46.0 Å². The summed E-state index contributed by atoms with van der Waals surface area (Å²) in [5.74, 6) is 2.22. The van der Waals surface area contributed by atoms with Gasteiger partial charge in [0.2, 0.25) is 0 Å². The third-order valence-corrected chi connectivity index (χ3v) is 7.44. The zero-order chi connectivity index (χ0) is 18.8. The molecular formula is C23H36N3O+. The maximum absolute atomic E-state index is 12.9. The van der Waals surface area contributed by atoms with Gasteiger partial charge in [0, 0.05) is 37.8 Å². The minimum absolute atomic E-state index is 0.375. The van der Waals surface area contributed by atoms with Crippen molar-refractivity contribution in [3.05, 3.63) is 29.3 Å². The average molecular weight is 371 g/mol. The first-order valence-electron chi connectivity index (χ1n) is 11.0. The summed E-state index contributed by atoms with van der Waals surface area (Å²) in [6.45, 7) is 11.2. The summed E-state index contributed by atoms with van der Waals surface area (Å²) >= 11 is 0. The van der Waals surface area contributed by atoms with Gasteiger partial charge in [0.15, 0.2) is 6.54 Å². The number of piperazine rings is 1. The van der Waals surface area contributed by atoms with E-state index in [1.165, 1.54) is 62.0 Å². The lowest BCUT2D eigenvalue weighted by Gasteiger charge is -2.40. The van der Waals surface area contributed by atoms with Crippen LogP contribution in [0.25, 0.3) is 0 Å². The molecule has 1 aromatic carbocycles. The van der Waals surface area contributed by atoms with Crippen LogP contribution in [0, 0.1) is 25.7 Å². The molecule has 1 N–H and O–H groups in total. The zero-order valence-electron chi connectivity index (χ0n) is 17.2. The van der Waals surface area contributed by atoms with Crippen molar-refractivity contribution >= 4 is 11.6 Å². The monoisotopic (exact) mass is 370 g/mol. The number of aryl methyl sites for hydroxylation is 1. The van der Waals surface area contributed by atoms with Crippen LogP contribution in [0.5, 0.6) is 0 Å². The van der Waals surface area contributed by atoms with E-state index in [4.69, 9.17) is 0 Å². The van der Waals surface area contributed by atoms with Gasteiger partial charge >= 0.3 is 0 Å². The first kappa shape index (κ1) is 18.8. The van der Waals surface area contributed by atoms with E-state index < -0.39 is 0 Å². The molecule has 0 spiro atoms. The van der Waals surface area contributed by atoms with Gasteiger partial charge in [-0.25, -0.2) is 0 Å². The molecule has 2 saturated heterocycles. The van der Waals surface area contributed by atoms with Crippen molar-refractivity contribution < 1.29 is 9.69 Å². The molecule has 1 amide bonds. The highest BCUT2D eigenvalue weighted by Gasteiger charge is 2.35. The molecule has 4 heteroatoms. The Bertz CT molecular complexity index is 666. The Morgan fingerprint density at radius 2 is 1.78 bits per heavy atom. The second-order valence-corrected chi connectivity index (χ2v) is 9.06. The van der Waals surface area contributed by atoms with Gasteiger partial charge in [-0.3, -0.25) is 4.79 Å². The molecule has 2 aliphatic heterocycles. The van der Waals surface area contributed by atoms with Crippen LogP contribution in [0.1, 0.15) is 43.2 Å². The van der Waals surface area contributed by atoms with Crippen LogP contribution < -0.4 is 9.80 Å². The largest absolute Gasteiger partial charge is 0.368 e. The predicted octanol–water partition coefficient (Wildman–Crippen LogP) is 2.05. The number of amides is 1. The second kappa shape index (κ2) is 8.22. The highest BCUT2D eigenvalue weighted by Crippen LogP contribution is 2.32. The molecule has 0 aromatic heterocycles. The summed E-state index contributed by atoms with van der Waals surface area (Å²) in [6, 6.07) is 6.54. The van der Waals surface area contributed by atoms with Crippen molar-refractivity contribution in [2.24, 2.45) is 11.8 Å². The number of anilines is 1. The van der Waals surface area contributed by atoms with Gasteiger partial charge in [0.25, 0.3) is 5.91 Å². The SMILES string of the molecule is Cc1cccc(N2CCN(C(=O)C[NH+]3CC[C@@H]4CCCC[C@@H]4C3)CC2)c1C. The molecule has 4 nitrogen and oxygen atoms in total. The molecular weight excluding hydrogens is 334 g/mol. The highest BCUT2D eigenvalue weighted by atomic mass is 16.2. The maximum Gasteiger partial charge on any atom is 0.277 e. The fourth-order valence-corrected chi connectivity index (χ4v) is 5.56. The lowest BCUT2D eigenvalue weighted by Crippen LogP contribution is -3.15. The van der Waals surface area contributed by atoms with E-state index in [1.807, 2.05) is 0 Å². The molecule has 2 heterocycles. The van der Waals surface area contributed by atoms with Crippen LogP contribution in [0.3, 0.4) is 0 Å². The number of nitrogens with one attached hydrogen (secondary N) is 1. The molecule has 1 unspecified atom stereocenters. The van der Waals surface area contributed by atoms with Gasteiger partial charge in [-0.05, 0) is 56.2 Å². The van der Waals surface area contributed by atoms with Gasteiger partial charge in [0.1, 0.15) is 0 Å². The first-order chi connectivity index (χ1) is 13.1. The van der Waals surface area contributed by atoms with Crippen LogP contribution in [-0.4, -0.2) is 56.6 Å². The number of carbonyl (C=O) groups is 1. The van der Waals surface area contributed by atoms with E-state index in [2.05, 4.69) is 41.8 Å². The van der Waals surface area contributed by atoms with E-state index in [9.17, 15) is 4.79 Å². The smallest absolute Gasteiger partial charge is 0.277 e. The summed E-state index contributed by atoms with van der Waals surface area (Å²) in [6.07, 6.45) is 7.01. The molecule has 3 aliphatic rings. The van der Waals surface area contributed by atoms with Gasteiger partial charge in [-0.1, -0.05) is 25.0 Å². The van der Waals surface area contributed by atoms with Crippen molar-refractivity contribution in [1.82, 2.24) is 4.90 Å². The summed E-state index contributed by atoms with van der Waals surface area (Å²) in [7, 11) is 0. The van der Waals surface area contributed by atoms with Crippen molar-refractivity contribution in [3.8, 4) is 0 Å². The number of quaternary nitrogens is 1. The Labute approximate surface area is 164 Å². The lowest BCUT2D eigenvalue weighted by atomic mass is 9.75. The molecule has 3 fully saturated rings. The van der Waals surface area contributed by atoms with E-state index in [0.717, 1.165) is 38.0 Å². The van der Waals surface area contributed by atoms with Crippen LogP contribution in [-0.2, 0) is 4.79 Å². The summed E-state index contributed by atoms with van der Waals surface area (Å²) in [5, 5.41) is 0. The maximum atomic E-state index is 12.9. The number of carbonyl (C=O) groups excluding carboxylic acids is 1. The quantitative estimate of drug-likeness (QED) is 0.882. The summed E-state index contributed by atoms with van der Waals surface area (Å²) < 4.78 is 0. The topological polar surface area (TPSA) is 28.0 Å². The first-order valence-corrected chi connectivity index (χ1v) is 11.0. The number of benzene rings is 1. The molecule has 3 atom stereocenters. The Morgan fingerprint density at radius 3 is 2.56 bits per heavy atom. The highest BCUT2D eigenvalue weighted by molar-refractivity contribution is 5.77. The number of rotatable bonds is 3. The number of piperidine rings is 1. The Morgan fingerprint density at radius 1 is 1.04 bits per heavy atom. The minimum Gasteiger partial charge on any atom is -0.368 e. The number of nitrogens with zero attached hydrogens (tertiary/aromatic N) is 2. The normalized spacial score (nSPS) is 28.7. The Balaban J connectivity index is 1.28. The van der Waals surface area contributed by atoms with Crippen LogP contribution >= 0.6 is 0 Å². The molecule has 1 aliphatic carbocycles. The third-order valence-electron chi connectivity index (χ3n) is 7.44. The second-order valence-electron chi connectivity index (χ2n) is 9.06. The van der Waals surface area contributed by atoms with Crippen LogP contribution in [0.15, 0.2) is 18.2 Å². The predicted molar refractivity (Wildman–Crippen MR) is 110 cm³/mol. The number of hydrogen-bond acceptors (Lipinski definition) is 2. The molecule has 0 bridgehead atoms. The summed E-state index contributed by atoms with van der Waals surface area (Å²) in [4.78, 5) is 19.0. The van der Waals surface area contributed by atoms with Gasteiger partial charge in [-0.15, -0.1) is 0 Å².